The van der Waals surface area contributed by atoms with Gasteiger partial charge >= 0.3 is 0 Å². The molecule has 8 aromatic carbocycles. The van der Waals surface area contributed by atoms with E-state index in [4.69, 9.17) is 4.74 Å². The fourth-order valence-corrected chi connectivity index (χ4v) is 6.84. The predicted molar refractivity (Wildman–Crippen MR) is 226 cm³/mol. The van der Waals surface area contributed by atoms with E-state index in [1.165, 1.54) is 55.6 Å². The van der Waals surface area contributed by atoms with Gasteiger partial charge in [-0.1, -0.05) is 194 Å². The first-order valence-electron chi connectivity index (χ1n) is 18.9. The van der Waals surface area contributed by atoms with Gasteiger partial charge in [-0.05, 0) is 112 Å². The van der Waals surface area contributed by atoms with Gasteiger partial charge in [0.1, 0.15) is 11.5 Å². The van der Waals surface area contributed by atoms with E-state index in [-0.39, 0.29) is 0 Å². The van der Waals surface area contributed by atoms with Gasteiger partial charge in [0.05, 0.1) is 0 Å². The Labute approximate surface area is 321 Å². The lowest BCUT2D eigenvalue weighted by Crippen LogP contribution is -1.94. The Hall–Kier alpha value is -6.44. The summed E-state index contributed by atoms with van der Waals surface area (Å²) in [5.41, 5.74) is 13.3. The van der Waals surface area contributed by atoms with Crippen LogP contribution in [0.5, 0.6) is 11.5 Å². The molecule has 54 heavy (non-hydrogen) atoms. The molecule has 264 valence electrons. The third kappa shape index (κ3) is 11.3. The summed E-state index contributed by atoms with van der Waals surface area (Å²) in [5, 5.41) is 0. The summed E-state index contributed by atoms with van der Waals surface area (Å²) in [5.74, 6) is 1.75. The summed E-state index contributed by atoms with van der Waals surface area (Å²) in [7, 11) is 0. The minimum absolute atomic E-state index is 0.875. The van der Waals surface area contributed by atoms with Crippen molar-refractivity contribution in [2.24, 2.45) is 0 Å². The van der Waals surface area contributed by atoms with E-state index >= 15 is 0 Å². The largest absolute Gasteiger partial charge is 0.457 e. The van der Waals surface area contributed by atoms with Gasteiger partial charge in [0, 0.05) is 0 Å². The Morgan fingerprint density at radius 3 is 0.722 bits per heavy atom. The molecule has 8 aromatic rings. The van der Waals surface area contributed by atoms with Crippen molar-refractivity contribution in [3.63, 3.8) is 0 Å². The van der Waals surface area contributed by atoms with Gasteiger partial charge in [0.2, 0.25) is 0 Å². The van der Waals surface area contributed by atoms with E-state index in [0.717, 1.165) is 43.6 Å². The van der Waals surface area contributed by atoms with Crippen LogP contribution in [0.4, 0.5) is 0 Å². The Morgan fingerprint density at radius 1 is 0.204 bits per heavy atom. The van der Waals surface area contributed by atoms with E-state index in [0.29, 0.717) is 0 Å². The SMILES string of the molecule is c1ccc(Cc2cccc(Cc3cccc(Cc4ccccc4)c3)c2)cc1.c1ccc(Cc2cccc(Oc3cccc(Cc4ccccc4)c3)c2)cc1. The van der Waals surface area contributed by atoms with Crippen LogP contribution in [0.25, 0.3) is 0 Å². The van der Waals surface area contributed by atoms with Crippen molar-refractivity contribution in [1.29, 1.82) is 0 Å². The first-order chi connectivity index (χ1) is 26.7. The van der Waals surface area contributed by atoms with Crippen LogP contribution in [0, 0.1) is 0 Å². The minimum Gasteiger partial charge on any atom is -0.457 e. The molecule has 0 atom stereocenters. The van der Waals surface area contributed by atoms with Crippen LogP contribution >= 0.6 is 0 Å². The topological polar surface area (TPSA) is 9.23 Å². The number of hydrogen-bond acceptors (Lipinski definition) is 1. The van der Waals surface area contributed by atoms with Crippen molar-refractivity contribution < 1.29 is 4.74 Å². The highest BCUT2D eigenvalue weighted by Gasteiger charge is 2.05. The summed E-state index contributed by atoms with van der Waals surface area (Å²) >= 11 is 0. The monoisotopic (exact) mass is 698 g/mol. The maximum absolute atomic E-state index is 6.14. The molecule has 0 aliphatic carbocycles. The van der Waals surface area contributed by atoms with Crippen molar-refractivity contribution in [1.82, 2.24) is 0 Å². The fraction of sp³-hybridized carbons (Fsp3) is 0.0943. The molecule has 0 N–H and O–H groups in total. The molecule has 0 amide bonds. The maximum Gasteiger partial charge on any atom is 0.127 e. The van der Waals surface area contributed by atoms with Gasteiger partial charge in [-0.15, -0.1) is 0 Å². The maximum atomic E-state index is 6.14. The molecular formula is C53H46O. The Balaban J connectivity index is 0.000000167. The van der Waals surface area contributed by atoms with Gasteiger partial charge in [-0.25, -0.2) is 0 Å². The molecule has 0 aliphatic heterocycles. The fourth-order valence-electron chi connectivity index (χ4n) is 6.84. The van der Waals surface area contributed by atoms with Gasteiger partial charge in [0.15, 0.2) is 0 Å². The molecule has 8 rings (SSSR count). The zero-order chi connectivity index (χ0) is 36.6. The van der Waals surface area contributed by atoms with Crippen LogP contribution in [0.2, 0.25) is 0 Å². The van der Waals surface area contributed by atoms with Crippen LogP contribution in [-0.2, 0) is 32.1 Å². The molecule has 0 heterocycles. The lowest BCUT2D eigenvalue weighted by molar-refractivity contribution is 0.481. The van der Waals surface area contributed by atoms with Crippen molar-refractivity contribution in [3.8, 4) is 11.5 Å². The molecule has 0 spiro atoms. The second-order valence-corrected chi connectivity index (χ2v) is 13.9. The first-order valence-corrected chi connectivity index (χ1v) is 18.9. The third-order valence-corrected chi connectivity index (χ3v) is 9.43. The minimum atomic E-state index is 0.875. The van der Waals surface area contributed by atoms with E-state index in [1.807, 2.05) is 24.3 Å². The van der Waals surface area contributed by atoms with Crippen LogP contribution in [0.15, 0.2) is 218 Å². The molecule has 0 aromatic heterocycles. The van der Waals surface area contributed by atoms with Gasteiger partial charge in [-0.2, -0.15) is 0 Å². The van der Waals surface area contributed by atoms with Gasteiger partial charge in [0.25, 0.3) is 0 Å². The van der Waals surface area contributed by atoms with E-state index in [1.54, 1.807) is 0 Å². The Kier molecular flexibility index (Phi) is 12.6. The van der Waals surface area contributed by atoms with Crippen LogP contribution < -0.4 is 4.74 Å². The standard InChI is InChI=1S/C27H24.C26H22O/c1-3-9-22(10-4-1)17-24-13-7-15-26(19-24)21-27-16-8-14-25(20-27)18-23-11-5-2-6-12-23;1-3-9-21(10-4-1)17-23-13-7-15-25(19-23)27-26-16-8-14-24(20-26)18-22-11-5-2-6-12-22/h1-16,19-20H,17-18,21H2;1-16,19-20H,17-18H2. The molecule has 0 aliphatic rings. The zero-order valence-corrected chi connectivity index (χ0v) is 30.7. The number of benzene rings is 8. The summed E-state index contributed by atoms with van der Waals surface area (Å²) in [6.45, 7) is 0. The predicted octanol–water partition coefficient (Wildman–Crippen LogP) is 13.1. The summed E-state index contributed by atoms with van der Waals surface area (Å²) in [6.07, 6.45) is 4.77. The molecule has 0 saturated heterocycles. The van der Waals surface area contributed by atoms with Gasteiger partial charge < -0.3 is 4.74 Å². The van der Waals surface area contributed by atoms with E-state index in [9.17, 15) is 0 Å². The first kappa shape index (κ1) is 35.9. The molecule has 1 nitrogen and oxygen atoms in total. The molecule has 0 saturated carbocycles. The molecular weight excluding hydrogens is 653 g/mol. The Morgan fingerprint density at radius 2 is 0.426 bits per heavy atom. The van der Waals surface area contributed by atoms with Crippen molar-refractivity contribution in [2.75, 3.05) is 0 Å². The second kappa shape index (κ2) is 18.9. The van der Waals surface area contributed by atoms with Crippen LogP contribution in [0.3, 0.4) is 0 Å². The molecule has 0 unspecified atom stereocenters. The molecule has 0 radical (unpaired) electrons. The number of ether oxygens (including phenoxy) is 1. The zero-order valence-electron chi connectivity index (χ0n) is 30.7. The number of hydrogen-bond donors (Lipinski definition) is 0. The normalized spacial score (nSPS) is 10.6. The number of rotatable bonds is 12. The molecule has 0 bridgehead atoms. The van der Waals surface area contributed by atoms with E-state index in [2.05, 4.69) is 194 Å². The van der Waals surface area contributed by atoms with Crippen LogP contribution in [0.1, 0.15) is 55.6 Å². The second-order valence-electron chi connectivity index (χ2n) is 13.9. The smallest absolute Gasteiger partial charge is 0.127 e. The van der Waals surface area contributed by atoms with Crippen LogP contribution in [-0.4, -0.2) is 0 Å². The van der Waals surface area contributed by atoms with Gasteiger partial charge in [-0.3, -0.25) is 0 Å². The summed E-state index contributed by atoms with van der Waals surface area (Å²) < 4.78 is 6.14. The Bertz CT molecular complexity index is 1980. The average Bonchev–Trinajstić information content (AvgIpc) is 3.20. The third-order valence-electron chi connectivity index (χ3n) is 9.43. The lowest BCUT2D eigenvalue weighted by atomic mass is 9.97. The van der Waals surface area contributed by atoms with Crippen molar-refractivity contribution in [3.05, 3.63) is 274 Å². The highest BCUT2D eigenvalue weighted by Crippen LogP contribution is 2.25. The summed E-state index contributed by atoms with van der Waals surface area (Å²) in [4.78, 5) is 0. The van der Waals surface area contributed by atoms with Crippen molar-refractivity contribution in [2.45, 2.75) is 32.1 Å². The highest BCUT2D eigenvalue weighted by atomic mass is 16.5. The lowest BCUT2D eigenvalue weighted by Gasteiger charge is -2.10. The summed E-state index contributed by atoms with van der Waals surface area (Å²) in [6, 6.07) is 77.0. The average molecular weight is 699 g/mol. The van der Waals surface area contributed by atoms with Crippen molar-refractivity contribution >= 4 is 0 Å². The quantitative estimate of drug-likeness (QED) is 0.123. The highest BCUT2D eigenvalue weighted by molar-refractivity contribution is 5.39. The molecule has 1 heteroatoms. The molecule has 0 fully saturated rings. The van der Waals surface area contributed by atoms with E-state index < -0.39 is 0 Å².